The second-order valence-corrected chi connectivity index (χ2v) is 26.6. The van der Waals surface area contributed by atoms with Gasteiger partial charge in [-0.3, -0.25) is 0 Å². The zero-order chi connectivity index (χ0) is 66.7. The highest BCUT2D eigenvalue weighted by Crippen LogP contribution is 2.43. The van der Waals surface area contributed by atoms with E-state index in [0.29, 0.717) is 17.5 Å². The lowest BCUT2D eigenvalue weighted by Crippen LogP contribution is -2.02. The van der Waals surface area contributed by atoms with Gasteiger partial charge in [-0.1, -0.05) is 170 Å². The Labute approximate surface area is 581 Å². The van der Waals surface area contributed by atoms with Gasteiger partial charge in [-0.05, 0) is 191 Å². The van der Waals surface area contributed by atoms with Crippen molar-refractivity contribution in [2.45, 2.75) is 0 Å². The monoisotopic (exact) mass is 1300 g/mol. The Bertz CT molecular complexity index is 6990. The van der Waals surface area contributed by atoms with Crippen molar-refractivity contribution in [1.29, 1.82) is 0 Å². The first-order valence-electron chi connectivity index (χ1n) is 34.4. The number of para-hydroxylation sites is 6. The summed E-state index contributed by atoms with van der Waals surface area (Å²) in [7, 11) is 0. The molecule has 0 amide bonds. The number of furan rings is 3. The van der Waals surface area contributed by atoms with E-state index in [1.807, 2.05) is 36.4 Å². The average molecular weight is 1300 g/mol. The van der Waals surface area contributed by atoms with Crippen LogP contribution < -0.4 is 0 Å². The summed E-state index contributed by atoms with van der Waals surface area (Å²) >= 11 is 0. The molecule has 9 heteroatoms. The van der Waals surface area contributed by atoms with Crippen LogP contribution in [0.4, 0.5) is 0 Å². The quantitative estimate of drug-likeness (QED) is 0.143. The Morgan fingerprint density at radius 2 is 0.451 bits per heavy atom. The predicted molar refractivity (Wildman–Crippen MR) is 417 cm³/mol. The fourth-order valence-corrected chi connectivity index (χ4v) is 16.1. The number of rotatable bonds is 9. The zero-order valence-corrected chi connectivity index (χ0v) is 54.6. The largest absolute Gasteiger partial charge is 0.456 e. The maximum atomic E-state index is 6.37. The van der Waals surface area contributed by atoms with Gasteiger partial charge in [0.25, 0.3) is 0 Å². The summed E-state index contributed by atoms with van der Waals surface area (Å²) in [5.74, 6) is 1.66. The van der Waals surface area contributed by atoms with Gasteiger partial charge in [0, 0.05) is 98.4 Å². The molecule has 0 saturated heterocycles. The molecule has 102 heavy (non-hydrogen) atoms. The van der Waals surface area contributed by atoms with E-state index in [-0.39, 0.29) is 0 Å². The standard InChI is InChI=1S/C93H54N6O3/c1-7-25-79-67(19-1)76-49-56(59-33-41-73-70-22-4-10-28-85(70)100-88(73)52-59)36-44-82(76)97(79)64-39-31-55(32-40-64)91-94-92(62-15-13-17-65(47-62)98-80-26-8-2-20-68(80)77-50-57(37-45-83(77)98)60-34-42-74-71-23-5-11-29-86(71)101-89(74)53-60)96-93(95-91)63-16-14-18-66(48-63)99-81-27-9-3-21-69(81)78-51-58(38-46-84(78)99)61-35-43-75-72-24-6-12-30-87(72)102-90(75)54-61/h1-54H. The van der Waals surface area contributed by atoms with Crippen molar-refractivity contribution >= 4 is 131 Å². The molecule has 15 aromatic carbocycles. The van der Waals surface area contributed by atoms with Crippen LogP contribution in [0, 0.1) is 0 Å². The van der Waals surface area contributed by atoms with Crippen molar-refractivity contribution in [2.24, 2.45) is 0 Å². The minimum absolute atomic E-state index is 0.554. The van der Waals surface area contributed by atoms with Crippen molar-refractivity contribution in [3.05, 3.63) is 328 Å². The summed E-state index contributed by atoms with van der Waals surface area (Å²) in [5, 5.41) is 13.7. The van der Waals surface area contributed by atoms with Gasteiger partial charge in [-0.25, -0.2) is 15.0 Å². The van der Waals surface area contributed by atoms with Gasteiger partial charge in [0.05, 0.1) is 33.1 Å². The van der Waals surface area contributed by atoms with Crippen LogP contribution in [0.1, 0.15) is 0 Å². The maximum Gasteiger partial charge on any atom is 0.164 e. The number of benzene rings is 15. The summed E-state index contributed by atoms with van der Waals surface area (Å²) in [6, 6.07) is 117. The van der Waals surface area contributed by atoms with Crippen LogP contribution in [0.5, 0.6) is 0 Å². The highest BCUT2D eigenvalue weighted by molar-refractivity contribution is 6.15. The summed E-state index contributed by atoms with van der Waals surface area (Å²) in [4.78, 5) is 16.4. The van der Waals surface area contributed by atoms with E-state index in [4.69, 9.17) is 28.2 Å². The molecule has 0 saturated carbocycles. The molecule has 9 nitrogen and oxygen atoms in total. The molecule has 22 rings (SSSR count). The first-order chi connectivity index (χ1) is 50.5. The van der Waals surface area contributed by atoms with E-state index in [0.717, 1.165) is 188 Å². The molecule has 7 aromatic heterocycles. The Balaban J connectivity index is 0.668. The van der Waals surface area contributed by atoms with Crippen molar-refractivity contribution < 1.29 is 13.3 Å². The highest BCUT2D eigenvalue weighted by atomic mass is 16.3. The Hall–Kier alpha value is -13.9. The number of nitrogens with zero attached hydrogens (tertiary/aromatic N) is 6. The fourth-order valence-electron chi connectivity index (χ4n) is 16.1. The van der Waals surface area contributed by atoms with E-state index in [1.165, 1.54) is 10.8 Å². The van der Waals surface area contributed by atoms with Crippen molar-refractivity contribution in [2.75, 3.05) is 0 Å². The SMILES string of the molecule is c1cc(-c2nc(-c3ccc(-n4c5ccccc5c5cc(-c6ccc7c(c6)oc6ccccc67)ccc54)cc3)nc(-c3cccc(-n4c5ccccc5c5cc(-c6ccc7c(c6)oc6ccccc67)ccc54)c3)n2)cc(-n2c3ccccc3c3cc(-c4ccc5c(c4)oc4ccccc45)ccc32)c1. The Kier molecular flexibility index (Phi) is 12.0. The van der Waals surface area contributed by atoms with E-state index in [1.54, 1.807) is 0 Å². The van der Waals surface area contributed by atoms with Gasteiger partial charge in [0.2, 0.25) is 0 Å². The smallest absolute Gasteiger partial charge is 0.164 e. The Morgan fingerprint density at radius 1 is 0.167 bits per heavy atom. The minimum atomic E-state index is 0.554. The van der Waals surface area contributed by atoms with Crippen molar-refractivity contribution in [3.63, 3.8) is 0 Å². The van der Waals surface area contributed by atoms with Crippen LogP contribution in [-0.4, -0.2) is 28.7 Å². The molecule has 0 atom stereocenters. The van der Waals surface area contributed by atoms with Crippen molar-refractivity contribution in [3.8, 4) is 84.6 Å². The van der Waals surface area contributed by atoms with Gasteiger partial charge in [-0.2, -0.15) is 0 Å². The molecule has 0 aliphatic heterocycles. The molecule has 0 N–H and O–H groups in total. The lowest BCUT2D eigenvalue weighted by molar-refractivity contribution is 0.668. The highest BCUT2D eigenvalue weighted by Gasteiger charge is 2.22. The van der Waals surface area contributed by atoms with E-state index in [9.17, 15) is 0 Å². The molecule has 0 fully saturated rings. The summed E-state index contributed by atoms with van der Waals surface area (Å²) < 4.78 is 26.2. The molecule has 474 valence electrons. The average Bonchev–Trinajstić information content (AvgIpc) is 1.58. The lowest BCUT2D eigenvalue weighted by Gasteiger charge is -2.13. The normalized spacial score (nSPS) is 12.1. The third kappa shape index (κ3) is 8.68. The van der Waals surface area contributed by atoms with Crippen LogP contribution >= 0.6 is 0 Å². The summed E-state index contributed by atoms with van der Waals surface area (Å²) in [6.45, 7) is 0. The van der Waals surface area contributed by atoms with Crippen LogP contribution in [0.2, 0.25) is 0 Å². The third-order valence-corrected chi connectivity index (χ3v) is 20.9. The number of hydrogen-bond acceptors (Lipinski definition) is 6. The minimum Gasteiger partial charge on any atom is -0.456 e. The molecule has 0 aliphatic rings. The maximum absolute atomic E-state index is 6.37. The Morgan fingerprint density at radius 3 is 0.833 bits per heavy atom. The lowest BCUT2D eigenvalue weighted by atomic mass is 10.0. The number of fused-ring (bicyclic) bond motifs is 18. The van der Waals surface area contributed by atoms with Crippen LogP contribution in [0.15, 0.2) is 341 Å². The predicted octanol–water partition coefficient (Wildman–Crippen LogP) is 24.9. The second kappa shape index (κ2) is 21.8. The first-order valence-corrected chi connectivity index (χ1v) is 34.4. The third-order valence-electron chi connectivity index (χ3n) is 20.9. The molecule has 0 spiro atoms. The molecule has 0 aliphatic carbocycles. The molecule has 7 heterocycles. The van der Waals surface area contributed by atoms with Gasteiger partial charge in [-0.15, -0.1) is 0 Å². The van der Waals surface area contributed by atoms with Gasteiger partial charge >= 0.3 is 0 Å². The van der Waals surface area contributed by atoms with Crippen LogP contribution in [0.3, 0.4) is 0 Å². The number of hydrogen-bond donors (Lipinski definition) is 0. The van der Waals surface area contributed by atoms with Crippen LogP contribution in [0.25, 0.3) is 216 Å². The first kappa shape index (κ1) is 56.2. The molecule has 22 aromatic rings. The van der Waals surface area contributed by atoms with Gasteiger partial charge in [0.1, 0.15) is 33.5 Å². The zero-order valence-electron chi connectivity index (χ0n) is 54.6. The van der Waals surface area contributed by atoms with E-state index < -0.39 is 0 Å². The number of aromatic nitrogens is 6. The molecular weight excluding hydrogens is 1250 g/mol. The molecular formula is C93H54N6O3. The van der Waals surface area contributed by atoms with Gasteiger partial charge < -0.3 is 27.0 Å². The van der Waals surface area contributed by atoms with Crippen molar-refractivity contribution in [1.82, 2.24) is 28.7 Å². The van der Waals surface area contributed by atoms with E-state index >= 15 is 0 Å². The van der Waals surface area contributed by atoms with Crippen LogP contribution in [-0.2, 0) is 0 Å². The summed E-state index contributed by atoms with van der Waals surface area (Å²) in [5.41, 5.74) is 24.1. The second-order valence-electron chi connectivity index (χ2n) is 26.6. The molecule has 0 bridgehead atoms. The topological polar surface area (TPSA) is 92.9 Å². The summed E-state index contributed by atoms with van der Waals surface area (Å²) in [6.07, 6.45) is 0. The molecule has 0 unspecified atom stereocenters. The molecule has 0 radical (unpaired) electrons. The van der Waals surface area contributed by atoms with E-state index in [2.05, 4.69) is 305 Å². The fraction of sp³-hybridized carbons (Fsp3) is 0. The van der Waals surface area contributed by atoms with Gasteiger partial charge in [0.15, 0.2) is 17.5 Å².